The number of nitrogens with zero attached hydrogens (tertiary/aromatic N) is 3. The summed E-state index contributed by atoms with van der Waals surface area (Å²) >= 11 is 0. The predicted molar refractivity (Wildman–Crippen MR) is 74.7 cm³/mol. The molecule has 0 aliphatic carbocycles. The van der Waals surface area contributed by atoms with Crippen molar-refractivity contribution in [3.05, 3.63) is 11.8 Å². The molecule has 0 fully saturated rings. The number of esters is 1. The van der Waals surface area contributed by atoms with Gasteiger partial charge in [0.1, 0.15) is 12.1 Å². The minimum atomic E-state index is -0.787. The Labute approximate surface area is 123 Å². The molecule has 116 valence electrons. The van der Waals surface area contributed by atoms with Gasteiger partial charge in [-0.3, -0.25) is 9.59 Å². The van der Waals surface area contributed by atoms with Gasteiger partial charge in [-0.1, -0.05) is 0 Å². The molecule has 2 rings (SSSR count). The van der Waals surface area contributed by atoms with E-state index in [4.69, 9.17) is 9.47 Å². The quantitative estimate of drug-likeness (QED) is 0.717. The van der Waals surface area contributed by atoms with Crippen LogP contribution in [0.5, 0.6) is 0 Å². The highest BCUT2D eigenvalue weighted by Crippen LogP contribution is 2.27. The third-order valence-electron chi connectivity index (χ3n) is 3.44. The summed E-state index contributed by atoms with van der Waals surface area (Å²) in [5, 5.41) is 7.45. The van der Waals surface area contributed by atoms with Crippen LogP contribution in [0.3, 0.4) is 0 Å². The average Bonchev–Trinajstić information content (AvgIpc) is 2.74. The number of rotatable bonds is 4. The molecule has 21 heavy (non-hydrogen) atoms. The molecule has 0 unspecified atom stereocenters. The van der Waals surface area contributed by atoms with Gasteiger partial charge in [-0.25, -0.2) is 5.43 Å². The Balaban J connectivity index is 2.45. The molecule has 2 heterocycles. The van der Waals surface area contributed by atoms with Crippen molar-refractivity contribution in [2.24, 2.45) is 11.0 Å². The molecular weight excluding hydrogens is 276 g/mol. The van der Waals surface area contributed by atoms with Crippen LogP contribution in [0.2, 0.25) is 0 Å². The molecule has 2 aliphatic heterocycles. The van der Waals surface area contributed by atoms with Crippen LogP contribution in [0.15, 0.2) is 16.9 Å². The maximum Gasteiger partial charge on any atom is 0.319 e. The molecule has 0 aromatic rings. The van der Waals surface area contributed by atoms with Crippen LogP contribution < -0.4 is 5.43 Å². The minimum absolute atomic E-state index is 0.251. The van der Waals surface area contributed by atoms with Crippen molar-refractivity contribution in [1.29, 1.82) is 0 Å². The van der Waals surface area contributed by atoms with Gasteiger partial charge in [0, 0.05) is 26.9 Å². The van der Waals surface area contributed by atoms with Crippen LogP contribution in [-0.4, -0.2) is 61.1 Å². The second kappa shape index (κ2) is 6.23. The fourth-order valence-corrected chi connectivity index (χ4v) is 2.35. The van der Waals surface area contributed by atoms with E-state index in [0.717, 1.165) is 0 Å². The highest BCUT2D eigenvalue weighted by Gasteiger charge is 2.45. The standard InChI is InChI=1S/C13H20N4O4/c1-5-20-12-9(13(19)21-6-2)10-8(11(18)15-14-10)7-16(3)17(12)4/h7,9,12H,5-6H2,1-4H3,(H,15,18)/t9-,12+/m1/s1. The molecule has 8 heteroatoms. The number of nitrogens with one attached hydrogen (secondary N) is 1. The molecule has 1 amide bonds. The minimum Gasteiger partial charge on any atom is -0.465 e. The zero-order valence-corrected chi connectivity index (χ0v) is 12.6. The van der Waals surface area contributed by atoms with Crippen LogP contribution in [0.25, 0.3) is 0 Å². The molecule has 2 atom stereocenters. The van der Waals surface area contributed by atoms with Crippen molar-refractivity contribution < 1.29 is 19.1 Å². The van der Waals surface area contributed by atoms with Crippen LogP contribution in [0.1, 0.15) is 13.8 Å². The summed E-state index contributed by atoms with van der Waals surface area (Å²) in [7, 11) is 3.55. The molecule has 1 N–H and O–H groups in total. The first-order chi connectivity index (χ1) is 10.0. The summed E-state index contributed by atoms with van der Waals surface area (Å²) in [5.41, 5.74) is 3.09. The van der Waals surface area contributed by atoms with Gasteiger partial charge in [0.05, 0.1) is 17.9 Å². The van der Waals surface area contributed by atoms with Gasteiger partial charge in [-0.2, -0.15) is 10.1 Å². The first-order valence-electron chi connectivity index (χ1n) is 6.85. The van der Waals surface area contributed by atoms with Crippen molar-refractivity contribution in [2.45, 2.75) is 20.1 Å². The summed E-state index contributed by atoms with van der Waals surface area (Å²) < 4.78 is 10.8. The van der Waals surface area contributed by atoms with Crippen LogP contribution in [0, 0.1) is 5.92 Å². The van der Waals surface area contributed by atoms with Crippen molar-refractivity contribution >= 4 is 17.6 Å². The monoisotopic (exact) mass is 296 g/mol. The van der Waals surface area contributed by atoms with Gasteiger partial charge >= 0.3 is 5.97 Å². The first-order valence-corrected chi connectivity index (χ1v) is 6.85. The van der Waals surface area contributed by atoms with E-state index in [1.54, 1.807) is 37.2 Å². The normalized spacial score (nSPS) is 25.7. The van der Waals surface area contributed by atoms with E-state index in [-0.39, 0.29) is 12.5 Å². The topological polar surface area (TPSA) is 83.5 Å². The number of hydrogen-bond donors (Lipinski definition) is 1. The summed E-state index contributed by atoms with van der Waals surface area (Å²) in [6.07, 6.45) is 1.03. The third kappa shape index (κ3) is 2.77. The first kappa shape index (κ1) is 15.5. The second-order valence-electron chi connectivity index (χ2n) is 4.70. The van der Waals surface area contributed by atoms with E-state index in [2.05, 4.69) is 10.5 Å². The number of hydrazone groups is 1. The fraction of sp³-hybridized carbons (Fsp3) is 0.615. The van der Waals surface area contributed by atoms with Gasteiger partial charge in [0.2, 0.25) is 0 Å². The Morgan fingerprint density at radius 3 is 2.71 bits per heavy atom. The van der Waals surface area contributed by atoms with Gasteiger partial charge in [-0.05, 0) is 13.8 Å². The summed E-state index contributed by atoms with van der Waals surface area (Å²) in [6, 6.07) is 0. The molecule has 0 saturated carbocycles. The zero-order valence-electron chi connectivity index (χ0n) is 12.6. The Kier molecular flexibility index (Phi) is 4.59. The number of fused-ring (bicyclic) bond motifs is 1. The summed E-state index contributed by atoms with van der Waals surface area (Å²) in [5.74, 6) is -1.58. The Morgan fingerprint density at radius 2 is 2.10 bits per heavy atom. The maximum absolute atomic E-state index is 12.3. The highest BCUT2D eigenvalue weighted by atomic mass is 16.5. The summed E-state index contributed by atoms with van der Waals surface area (Å²) in [6.45, 7) is 4.25. The SMILES string of the molecule is CCOC(=O)[C@@H]1C2=NNC(=O)C2=CN(C)N(C)[C@H]1OCC. The molecule has 0 bridgehead atoms. The van der Waals surface area contributed by atoms with Crippen molar-refractivity contribution in [1.82, 2.24) is 15.4 Å². The fourth-order valence-electron chi connectivity index (χ4n) is 2.35. The molecule has 0 spiro atoms. The Morgan fingerprint density at radius 1 is 1.38 bits per heavy atom. The van der Waals surface area contributed by atoms with E-state index in [0.29, 0.717) is 17.9 Å². The second-order valence-corrected chi connectivity index (χ2v) is 4.70. The lowest BCUT2D eigenvalue weighted by molar-refractivity contribution is -0.168. The van der Waals surface area contributed by atoms with E-state index in [1.165, 1.54) is 0 Å². The van der Waals surface area contributed by atoms with Gasteiger partial charge in [-0.15, -0.1) is 0 Å². The lowest BCUT2D eigenvalue weighted by Crippen LogP contribution is -2.50. The Bertz CT molecular complexity index is 502. The van der Waals surface area contributed by atoms with Crippen molar-refractivity contribution in [3.8, 4) is 0 Å². The molecule has 0 aromatic heterocycles. The summed E-state index contributed by atoms with van der Waals surface area (Å²) in [4.78, 5) is 24.2. The molecule has 8 nitrogen and oxygen atoms in total. The number of carbonyl (C=O) groups excluding carboxylic acids is 2. The maximum atomic E-state index is 12.3. The van der Waals surface area contributed by atoms with Crippen LogP contribution in [-0.2, 0) is 19.1 Å². The van der Waals surface area contributed by atoms with Gasteiger partial charge in [0.25, 0.3) is 5.91 Å². The van der Waals surface area contributed by atoms with Crippen LogP contribution >= 0.6 is 0 Å². The average molecular weight is 296 g/mol. The van der Waals surface area contributed by atoms with E-state index in [1.807, 2.05) is 6.92 Å². The lowest BCUT2D eigenvalue weighted by Gasteiger charge is -2.35. The number of hydrogen-bond acceptors (Lipinski definition) is 7. The lowest BCUT2D eigenvalue weighted by atomic mass is 9.96. The number of hydrazine groups is 1. The van der Waals surface area contributed by atoms with Crippen molar-refractivity contribution in [2.75, 3.05) is 27.3 Å². The molecule has 0 saturated heterocycles. The van der Waals surface area contributed by atoms with Crippen LogP contribution in [0.4, 0.5) is 0 Å². The van der Waals surface area contributed by atoms with E-state index < -0.39 is 18.1 Å². The zero-order chi connectivity index (χ0) is 15.6. The highest BCUT2D eigenvalue weighted by molar-refractivity contribution is 6.29. The predicted octanol–water partition coefficient (Wildman–Crippen LogP) is -0.310. The Hall–Kier alpha value is -1.93. The third-order valence-corrected chi connectivity index (χ3v) is 3.44. The van der Waals surface area contributed by atoms with Gasteiger partial charge < -0.3 is 14.5 Å². The van der Waals surface area contributed by atoms with E-state index >= 15 is 0 Å². The smallest absolute Gasteiger partial charge is 0.319 e. The number of ether oxygens (including phenoxy) is 2. The molecule has 0 aromatic carbocycles. The van der Waals surface area contributed by atoms with E-state index in [9.17, 15) is 9.59 Å². The molecular formula is C13H20N4O4. The molecule has 0 radical (unpaired) electrons. The number of amides is 1. The largest absolute Gasteiger partial charge is 0.465 e. The van der Waals surface area contributed by atoms with Gasteiger partial charge in [0.15, 0.2) is 0 Å². The number of carbonyl (C=O) groups is 2. The van der Waals surface area contributed by atoms with Crippen molar-refractivity contribution in [3.63, 3.8) is 0 Å². The molecule has 2 aliphatic rings.